The molecule has 100 valence electrons. The van der Waals surface area contributed by atoms with Gasteiger partial charge in [0.2, 0.25) is 0 Å². The molecule has 19 heavy (non-hydrogen) atoms. The van der Waals surface area contributed by atoms with E-state index in [2.05, 4.69) is 10.2 Å². The molecular formula is C13H14F2N4. The van der Waals surface area contributed by atoms with Crippen LogP contribution in [-0.2, 0) is 13.0 Å². The number of hydrogen-bond acceptors (Lipinski definition) is 3. The maximum atomic E-state index is 13.7. The van der Waals surface area contributed by atoms with Crippen LogP contribution >= 0.6 is 0 Å². The highest BCUT2D eigenvalue weighted by Crippen LogP contribution is 2.37. The summed E-state index contributed by atoms with van der Waals surface area (Å²) in [6.07, 6.45) is 2.45. The van der Waals surface area contributed by atoms with Crippen LogP contribution in [-0.4, -0.2) is 14.8 Å². The number of halogens is 2. The molecule has 1 saturated carbocycles. The molecule has 0 unspecified atom stereocenters. The smallest absolute Gasteiger partial charge is 0.147 e. The van der Waals surface area contributed by atoms with E-state index in [4.69, 9.17) is 5.73 Å². The monoisotopic (exact) mass is 264 g/mol. The molecule has 0 amide bonds. The van der Waals surface area contributed by atoms with Gasteiger partial charge in [0, 0.05) is 18.5 Å². The van der Waals surface area contributed by atoms with E-state index in [0.717, 1.165) is 24.7 Å². The van der Waals surface area contributed by atoms with Crippen molar-refractivity contribution >= 4 is 0 Å². The van der Waals surface area contributed by atoms with E-state index in [-0.39, 0.29) is 0 Å². The quantitative estimate of drug-likeness (QED) is 0.918. The maximum absolute atomic E-state index is 13.7. The van der Waals surface area contributed by atoms with Crippen LogP contribution in [0.4, 0.5) is 8.78 Å². The van der Waals surface area contributed by atoms with E-state index in [1.165, 1.54) is 12.1 Å². The zero-order chi connectivity index (χ0) is 13.4. The van der Waals surface area contributed by atoms with Crippen molar-refractivity contribution in [3.05, 3.63) is 47.0 Å². The summed E-state index contributed by atoms with van der Waals surface area (Å²) in [5.74, 6) is 0.278. The first-order valence-corrected chi connectivity index (χ1v) is 6.25. The summed E-state index contributed by atoms with van der Waals surface area (Å²) < 4.78 is 28.5. The van der Waals surface area contributed by atoms with Gasteiger partial charge in [-0.15, -0.1) is 10.2 Å². The second-order valence-electron chi connectivity index (χ2n) is 4.75. The van der Waals surface area contributed by atoms with Crippen LogP contribution in [0.5, 0.6) is 0 Å². The molecule has 1 aliphatic carbocycles. The van der Waals surface area contributed by atoms with Gasteiger partial charge in [0.15, 0.2) is 0 Å². The Balaban J connectivity index is 1.92. The molecule has 0 radical (unpaired) electrons. The van der Waals surface area contributed by atoms with Crippen LogP contribution < -0.4 is 5.73 Å². The molecule has 1 aliphatic rings. The highest BCUT2D eigenvalue weighted by Gasteiger charge is 2.29. The predicted octanol–water partition coefficient (Wildman–Crippen LogP) is 1.94. The Morgan fingerprint density at radius 2 is 1.95 bits per heavy atom. The molecule has 6 heteroatoms. The second-order valence-corrected chi connectivity index (χ2v) is 4.75. The molecule has 2 aromatic rings. The van der Waals surface area contributed by atoms with Gasteiger partial charge in [0.05, 0.1) is 6.54 Å². The van der Waals surface area contributed by atoms with E-state index < -0.39 is 11.6 Å². The molecule has 0 saturated heterocycles. The van der Waals surface area contributed by atoms with Crippen LogP contribution in [0.15, 0.2) is 18.2 Å². The molecule has 4 nitrogen and oxygen atoms in total. The highest BCUT2D eigenvalue weighted by atomic mass is 19.1. The standard InChI is InChI=1S/C13H14F2N4/c14-9-2-1-8(11(15)6-9)5-12-17-18-13(7-16)19(12)10-3-4-10/h1-2,6,10H,3-5,7,16H2. The van der Waals surface area contributed by atoms with Crippen molar-refractivity contribution in [1.82, 2.24) is 14.8 Å². The number of benzene rings is 1. The number of hydrogen-bond donors (Lipinski definition) is 1. The lowest BCUT2D eigenvalue weighted by molar-refractivity contribution is 0.570. The largest absolute Gasteiger partial charge is 0.324 e. The van der Waals surface area contributed by atoms with Gasteiger partial charge in [-0.2, -0.15) is 0 Å². The molecule has 0 aliphatic heterocycles. The number of nitrogens with two attached hydrogens (primary N) is 1. The van der Waals surface area contributed by atoms with Crippen LogP contribution in [0.3, 0.4) is 0 Å². The third kappa shape index (κ3) is 2.35. The zero-order valence-corrected chi connectivity index (χ0v) is 10.3. The van der Waals surface area contributed by atoms with Crippen LogP contribution in [0.1, 0.15) is 36.1 Å². The molecule has 1 aromatic carbocycles. The Morgan fingerprint density at radius 3 is 2.58 bits per heavy atom. The maximum Gasteiger partial charge on any atom is 0.147 e. The fourth-order valence-electron chi connectivity index (χ4n) is 2.21. The fraction of sp³-hybridized carbons (Fsp3) is 0.385. The lowest BCUT2D eigenvalue weighted by Gasteiger charge is -2.08. The molecule has 1 fully saturated rings. The summed E-state index contributed by atoms with van der Waals surface area (Å²) in [7, 11) is 0. The first-order valence-electron chi connectivity index (χ1n) is 6.25. The molecule has 0 spiro atoms. The summed E-state index contributed by atoms with van der Waals surface area (Å²) in [4.78, 5) is 0. The minimum absolute atomic E-state index is 0.301. The molecule has 2 N–H and O–H groups in total. The van der Waals surface area contributed by atoms with Crippen molar-refractivity contribution in [3.8, 4) is 0 Å². The van der Waals surface area contributed by atoms with Gasteiger partial charge in [0.25, 0.3) is 0 Å². The van der Waals surface area contributed by atoms with Crippen molar-refractivity contribution in [2.24, 2.45) is 5.73 Å². The second kappa shape index (κ2) is 4.70. The van der Waals surface area contributed by atoms with E-state index >= 15 is 0 Å². The third-order valence-corrected chi connectivity index (χ3v) is 3.30. The molecule has 3 rings (SSSR count). The molecule has 1 heterocycles. The Labute approximate surface area is 109 Å². The van der Waals surface area contributed by atoms with E-state index in [9.17, 15) is 8.78 Å². The molecule has 0 bridgehead atoms. The van der Waals surface area contributed by atoms with Crippen LogP contribution in [0, 0.1) is 11.6 Å². The Kier molecular flexibility index (Phi) is 3.02. The van der Waals surface area contributed by atoms with Crippen LogP contribution in [0.25, 0.3) is 0 Å². The van der Waals surface area contributed by atoms with Gasteiger partial charge in [-0.1, -0.05) is 6.07 Å². The summed E-state index contributed by atoms with van der Waals surface area (Å²) in [5, 5.41) is 8.11. The average molecular weight is 264 g/mol. The number of rotatable bonds is 4. The molecule has 0 atom stereocenters. The van der Waals surface area contributed by atoms with Gasteiger partial charge in [-0.05, 0) is 24.5 Å². The lowest BCUT2D eigenvalue weighted by atomic mass is 10.1. The molecule has 1 aromatic heterocycles. The van der Waals surface area contributed by atoms with Gasteiger partial charge < -0.3 is 10.3 Å². The normalized spacial score (nSPS) is 14.9. The van der Waals surface area contributed by atoms with Crippen LogP contribution in [0.2, 0.25) is 0 Å². The zero-order valence-electron chi connectivity index (χ0n) is 10.3. The van der Waals surface area contributed by atoms with Gasteiger partial charge >= 0.3 is 0 Å². The predicted molar refractivity (Wildman–Crippen MR) is 65.3 cm³/mol. The van der Waals surface area contributed by atoms with E-state index in [1.54, 1.807) is 0 Å². The SMILES string of the molecule is NCc1nnc(Cc2ccc(F)cc2F)n1C1CC1. The number of nitrogens with zero attached hydrogens (tertiary/aromatic N) is 3. The van der Waals surface area contributed by atoms with Gasteiger partial charge in [-0.25, -0.2) is 8.78 Å². The first-order chi connectivity index (χ1) is 9.19. The van der Waals surface area contributed by atoms with E-state index in [0.29, 0.717) is 30.4 Å². The Morgan fingerprint density at radius 1 is 1.21 bits per heavy atom. The van der Waals surface area contributed by atoms with Crippen molar-refractivity contribution in [1.29, 1.82) is 0 Å². The summed E-state index contributed by atoms with van der Waals surface area (Å²) in [6, 6.07) is 3.96. The topological polar surface area (TPSA) is 56.7 Å². The van der Waals surface area contributed by atoms with Crippen molar-refractivity contribution in [2.45, 2.75) is 31.8 Å². The van der Waals surface area contributed by atoms with Crippen molar-refractivity contribution < 1.29 is 8.78 Å². The summed E-state index contributed by atoms with van der Waals surface area (Å²) >= 11 is 0. The Bertz CT molecular complexity index is 605. The van der Waals surface area contributed by atoms with Crippen molar-refractivity contribution in [2.75, 3.05) is 0 Å². The minimum atomic E-state index is -0.576. The Hall–Kier alpha value is -1.82. The minimum Gasteiger partial charge on any atom is -0.324 e. The van der Waals surface area contributed by atoms with Gasteiger partial charge in [-0.3, -0.25) is 0 Å². The average Bonchev–Trinajstić information content (AvgIpc) is 3.14. The summed E-state index contributed by atoms with van der Waals surface area (Å²) in [5.41, 5.74) is 6.04. The first kappa shape index (κ1) is 12.2. The number of aromatic nitrogens is 3. The third-order valence-electron chi connectivity index (χ3n) is 3.30. The fourth-order valence-corrected chi connectivity index (χ4v) is 2.21. The summed E-state index contributed by atoms with van der Waals surface area (Å²) in [6.45, 7) is 0.315. The lowest BCUT2D eigenvalue weighted by Crippen LogP contribution is -2.10. The highest BCUT2D eigenvalue weighted by molar-refractivity contribution is 5.23. The van der Waals surface area contributed by atoms with Crippen molar-refractivity contribution in [3.63, 3.8) is 0 Å². The van der Waals surface area contributed by atoms with Gasteiger partial charge in [0.1, 0.15) is 23.3 Å². The van der Waals surface area contributed by atoms with E-state index in [1.807, 2.05) is 4.57 Å². The molecular weight excluding hydrogens is 250 g/mol.